The maximum atomic E-state index is 9.72. The van der Waals surface area contributed by atoms with E-state index in [0.717, 1.165) is 6.42 Å². The first kappa shape index (κ1) is 7.85. The van der Waals surface area contributed by atoms with Gasteiger partial charge in [0.1, 0.15) is 0 Å². The van der Waals surface area contributed by atoms with Crippen molar-refractivity contribution in [3.8, 4) is 0 Å². The largest absolute Gasteiger partial charge is 0.388 e. The number of hydrogen-bond donors (Lipinski definition) is 1. The zero-order valence-corrected chi connectivity index (χ0v) is 5.65. The summed E-state index contributed by atoms with van der Waals surface area (Å²) in [5.74, 6) is 0. The molecule has 0 saturated heterocycles. The average Bonchev–Trinajstić information content (AvgIpc) is 1.68. The number of hydrogen-bond acceptors (Lipinski definition) is 2. The van der Waals surface area contributed by atoms with E-state index in [1.165, 1.54) is 5.37 Å². The van der Waals surface area contributed by atoms with Gasteiger partial charge in [0, 0.05) is 5.37 Å². The van der Waals surface area contributed by atoms with Gasteiger partial charge in [-0.25, -0.2) is 4.21 Å². The van der Waals surface area contributed by atoms with Crippen molar-refractivity contribution >= 4 is 16.6 Å². The summed E-state index contributed by atoms with van der Waals surface area (Å²) in [6.07, 6.45) is 1.09. The summed E-state index contributed by atoms with van der Waals surface area (Å²) in [5.41, 5.74) is 0. The molecule has 48 valence electrons. The molecule has 0 aromatic carbocycles. The minimum absolute atomic E-state index is 0.325. The van der Waals surface area contributed by atoms with Crippen molar-refractivity contribution in [1.29, 1.82) is 0 Å². The third-order valence-corrected chi connectivity index (χ3v) is 1.22. The molecule has 0 aliphatic heterocycles. The molecule has 0 radical (unpaired) electrons. The number of aliphatic hydroxyl groups is 1. The molecule has 1 unspecified atom stereocenters. The molecule has 0 spiro atoms. The second-order valence-electron chi connectivity index (χ2n) is 1.59. The normalized spacial score (nSPS) is 12.8. The summed E-state index contributed by atoms with van der Waals surface area (Å²) in [7, 11) is 0. The van der Waals surface area contributed by atoms with Crippen LogP contribution in [0.1, 0.15) is 19.8 Å². The summed E-state index contributed by atoms with van der Waals surface area (Å²) < 4.78 is 9.72. The van der Waals surface area contributed by atoms with Crippen LogP contribution in [0.25, 0.3) is 0 Å². The molecule has 0 fully saturated rings. The number of rotatable bonds is 3. The molecule has 0 aliphatic rings. The van der Waals surface area contributed by atoms with E-state index in [2.05, 4.69) is 0 Å². The highest BCUT2D eigenvalue weighted by Gasteiger charge is 1.93. The fraction of sp³-hybridized carbons (Fsp3) is 0.800. The quantitative estimate of drug-likeness (QED) is 0.558. The molecule has 0 bridgehead atoms. The Labute approximate surface area is 52.6 Å². The molecule has 0 amide bonds. The van der Waals surface area contributed by atoms with Crippen LogP contribution in [-0.2, 0) is 11.3 Å². The van der Waals surface area contributed by atoms with E-state index in [0.29, 0.717) is 17.7 Å². The van der Waals surface area contributed by atoms with Crippen molar-refractivity contribution in [1.82, 2.24) is 0 Å². The first-order valence-corrected chi connectivity index (χ1v) is 3.41. The van der Waals surface area contributed by atoms with Crippen LogP contribution in [0.15, 0.2) is 0 Å². The van der Waals surface area contributed by atoms with Crippen molar-refractivity contribution in [3.63, 3.8) is 0 Å². The van der Waals surface area contributed by atoms with Crippen molar-refractivity contribution in [2.75, 3.05) is 0 Å². The Bertz CT molecular complexity index is 96.6. The minimum Gasteiger partial charge on any atom is -0.388 e. The Hall–Kier alpha value is -0.150. The second kappa shape index (κ2) is 5.00. The third kappa shape index (κ3) is 4.02. The van der Waals surface area contributed by atoms with Crippen molar-refractivity contribution < 1.29 is 9.32 Å². The molecule has 0 rings (SSSR count). The standard InChI is InChI=1S/C5H10O2S/c1-2-3-5(6)4-8-7/h4-6H,2-3H2,1H3. The highest BCUT2D eigenvalue weighted by molar-refractivity contribution is 7.64. The van der Waals surface area contributed by atoms with Crippen LogP contribution in [0.4, 0.5) is 0 Å². The molecule has 0 aliphatic carbocycles. The zero-order valence-electron chi connectivity index (χ0n) is 4.83. The SMILES string of the molecule is CCCC(O)C=S=O. The summed E-state index contributed by atoms with van der Waals surface area (Å²) >= 11 is 0.325. The van der Waals surface area contributed by atoms with Crippen LogP contribution in [0.5, 0.6) is 0 Å². The first-order chi connectivity index (χ1) is 3.81. The van der Waals surface area contributed by atoms with E-state index in [9.17, 15) is 4.21 Å². The Kier molecular flexibility index (Phi) is 4.90. The first-order valence-electron chi connectivity index (χ1n) is 2.61. The van der Waals surface area contributed by atoms with Gasteiger partial charge in [0.05, 0.1) is 17.4 Å². The van der Waals surface area contributed by atoms with Gasteiger partial charge in [0.2, 0.25) is 0 Å². The van der Waals surface area contributed by atoms with E-state index in [-0.39, 0.29) is 0 Å². The van der Waals surface area contributed by atoms with Crippen molar-refractivity contribution in [2.24, 2.45) is 0 Å². The molecule has 0 aromatic rings. The van der Waals surface area contributed by atoms with Crippen LogP contribution in [0.2, 0.25) is 0 Å². The predicted molar refractivity (Wildman–Crippen MR) is 35.1 cm³/mol. The topological polar surface area (TPSA) is 37.3 Å². The van der Waals surface area contributed by atoms with E-state index in [4.69, 9.17) is 5.11 Å². The predicted octanol–water partition coefficient (Wildman–Crippen LogP) is 0.163. The maximum Gasteiger partial charge on any atom is 0.0868 e. The lowest BCUT2D eigenvalue weighted by Gasteiger charge is -1.96. The Morgan fingerprint density at radius 2 is 2.50 bits per heavy atom. The van der Waals surface area contributed by atoms with Gasteiger partial charge in [0.15, 0.2) is 0 Å². The second-order valence-corrected chi connectivity index (χ2v) is 2.05. The lowest BCUT2D eigenvalue weighted by Crippen LogP contribution is -2.05. The van der Waals surface area contributed by atoms with Crippen molar-refractivity contribution in [3.05, 3.63) is 0 Å². The summed E-state index contributed by atoms with van der Waals surface area (Å²) in [6.45, 7) is 1.96. The highest BCUT2D eigenvalue weighted by Crippen LogP contribution is 1.90. The lowest BCUT2D eigenvalue weighted by molar-refractivity contribution is 0.236. The van der Waals surface area contributed by atoms with Gasteiger partial charge in [-0.3, -0.25) is 0 Å². The molecule has 8 heavy (non-hydrogen) atoms. The number of aliphatic hydroxyl groups excluding tert-OH is 1. The summed E-state index contributed by atoms with van der Waals surface area (Å²) in [6, 6.07) is 0. The molecular weight excluding hydrogens is 124 g/mol. The highest BCUT2D eigenvalue weighted by atomic mass is 32.1. The molecule has 1 N–H and O–H groups in total. The average molecular weight is 134 g/mol. The zero-order chi connectivity index (χ0) is 6.41. The molecule has 0 heterocycles. The molecule has 3 heteroatoms. The maximum absolute atomic E-state index is 9.72. The monoisotopic (exact) mass is 134 g/mol. The van der Waals surface area contributed by atoms with E-state index >= 15 is 0 Å². The smallest absolute Gasteiger partial charge is 0.0868 e. The molecule has 0 aromatic heterocycles. The Morgan fingerprint density at radius 1 is 1.88 bits per heavy atom. The Morgan fingerprint density at radius 3 is 2.88 bits per heavy atom. The van der Waals surface area contributed by atoms with Gasteiger partial charge < -0.3 is 5.11 Å². The van der Waals surface area contributed by atoms with Crippen LogP contribution in [0.3, 0.4) is 0 Å². The Balaban J connectivity index is 3.31. The van der Waals surface area contributed by atoms with Gasteiger partial charge >= 0.3 is 0 Å². The van der Waals surface area contributed by atoms with Gasteiger partial charge in [-0.05, 0) is 6.42 Å². The molecule has 0 saturated carbocycles. The van der Waals surface area contributed by atoms with E-state index in [1.54, 1.807) is 0 Å². The minimum atomic E-state index is -0.512. The fourth-order valence-corrected chi connectivity index (χ4v) is 0.692. The van der Waals surface area contributed by atoms with Gasteiger partial charge in [-0.1, -0.05) is 13.3 Å². The van der Waals surface area contributed by atoms with Crippen LogP contribution in [0, 0.1) is 0 Å². The summed E-state index contributed by atoms with van der Waals surface area (Å²) in [5, 5.41) is 10.1. The van der Waals surface area contributed by atoms with Crippen LogP contribution in [-0.4, -0.2) is 20.8 Å². The van der Waals surface area contributed by atoms with Crippen molar-refractivity contribution in [2.45, 2.75) is 25.9 Å². The fourth-order valence-electron chi connectivity index (χ4n) is 0.428. The van der Waals surface area contributed by atoms with E-state index in [1.807, 2.05) is 6.92 Å². The molecular formula is C5H10O2S. The van der Waals surface area contributed by atoms with E-state index < -0.39 is 6.10 Å². The third-order valence-electron chi connectivity index (χ3n) is 0.797. The lowest BCUT2D eigenvalue weighted by atomic mass is 10.2. The van der Waals surface area contributed by atoms with Gasteiger partial charge in [-0.15, -0.1) is 0 Å². The molecule has 1 atom stereocenters. The van der Waals surface area contributed by atoms with Crippen LogP contribution < -0.4 is 0 Å². The van der Waals surface area contributed by atoms with Crippen LogP contribution >= 0.6 is 0 Å². The van der Waals surface area contributed by atoms with Gasteiger partial charge in [-0.2, -0.15) is 0 Å². The summed E-state index contributed by atoms with van der Waals surface area (Å²) in [4.78, 5) is 0. The molecule has 2 nitrogen and oxygen atoms in total. The van der Waals surface area contributed by atoms with Gasteiger partial charge in [0.25, 0.3) is 0 Å².